The number of sulfone groups is 1. The minimum absolute atomic E-state index is 0.0618. The summed E-state index contributed by atoms with van der Waals surface area (Å²) in [5, 5.41) is 8.86. The summed E-state index contributed by atoms with van der Waals surface area (Å²) in [5.41, 5.74) is 1.82. The number of carbonyl (C=O) groups excluding carboxylic acids is 1. The number of aryl methyl sites for hydroxylation is 2. The molecule has 3 heterocycles. The van der Waals surface area contributed by atoms with Gasteiger partial charge in [-0.1, -0.05) is 25.6 Å². The van der Waals surface area contributed by atoms with E-state index < -0.39 is 9.84 Å². The van der Waals surface area contributed by atoms with E-state index in [1.807, 2.05) is 38.2 Å². The fourth-order valence-electron chi connectivity index (χ4n) is 3.37. The van der Waals surface area contributed by atoms with E-state index in [0.717, 1.165) is 11.4 Å². The molecule has 0 N–H and O–H groups in total. The molecule has 1 amide bonds. The van der Waals surface area contributed by atoms with E-state index >= 15 is 0 Å². The maximum absolute atomic E-state index is 12.9. The molecule has 0 aliphatic carbocycles. The monoisotopic (exact) mass is 411 g/mol. The zero-order valence-electron chi connectivity index (χ0n) is 16.0. The Hall–Kier alpha value is -1.68. The molecule has 1 saturated heterocycles. The molecule has 0 unspecified atom stereocenters. The van der Waals surface area contributed by atoms with Crippen molar-refractivity contribution in [2.75, 3.05) is 23.8 Å². The van der Waals surface area contributed by atoms with Crippen LogP contribution in [0.3, 0.4) is 0 Å². The first-order chi connectivity index (χ1) is 12.7. The first kappa shape index (κ1) is 20.1. The third-order valence-electron chi connectivity index (χ3n) is 4.52. The van der Waals surface area contributed by atoms with Crippen molar-refractivity contribution >= 4 is 33.3 Å². The molecule has 8 nitrogen and oxygen atoms in total. The van der Waals surface area contributed by atoms with Gasteiger partial charge in [-0.3, -0.25) is 9.20 Å². The topological polar surface area (TPSA) is 97.5 Å². The Labute approximate surface area is 163 Å². The molecule has 0 aromatic carbocycles. The maximum atomic E-state index is 12.9. The van der Waals surface area contributed by atoms with Crippen molar-refractivity contribution in [3.8, 4) is 0 Å². The van der Waals surface area contributed by atoms with Crippen molar-refractivity contribution in [3.63, 3.8) is 0 Å². The smallest absolute Gasteiger partial charge is 0.256 e. The highest BCUT2D eigenvalue weighted by Crippen LogP contribution is 2.23. The Morgan fingerprint density at radius 2 is 2.11 bits per heavy atom. The molecule has 3 rings (SSSR count). The van der Waals surface area contributed by atoms with Gasteiger partial charge in [-0.15, -0.1) is 10.2 Å². The summed E-state index contributed by atoms with van der Waals surface area (Å²) >= 11 is 1.31. The lowest BCUT2D eigenvalue weighted by Gasteiger charge is -2.29. The number of amides is 1. The molecule has 0 radical (unpaired) electrons. The number of rotatable bonds is 6. The lowest BCUT2D eigenvalue weighted by molar-refractivity contribution is -0.130. The molecule has 0 saturated carbocycles. The SMILES string of the molecule is Cc1cc(C)n2c(SCC(=O)N(CC(C)C)[C@@H]3CCS(=O)(=O)C3)nnc2n1. The van der Waals surface area contributed by atoms with E-state index in [9.17, 15) is 13.2 Å². The number of nitrogens with zero attached hydrogens (tertiary/aromatic N) is 5. The van der Waals surface area contributed by atoms with Gasteiger partial charge in [-0.05, 0) is 32.3 Å². The van der Waals surface area contributed by atoms with Crippen molar-refractivity contribution in [1.82, 2.24) is 24.5 Å². The second-order valence-electron chi connectivity index (χ2n) is 7.44. The van der Waals surface area contributed by atoms with Crippen LogP contribution in [0.15, 0.2) is 11.2 Å². The molecule has 0 spiro atoms. The van der Waals surface area contributed by atoms with E-state index in [4.69, 9.17) is 0 Å². The largest absolute Gasteiger partial charge is 0.338 e. The second-order valence-corrected chi connectivity index (χ2v) is 10.6. The lowest BCUT2D eigenvalue weighted by Crippen LogP contribution is -2.44. The van der Waals surface area contributed by atoms with Gasteiger partial charge in [0, 0.05) is 24.0 Å². The fraction of sp³-hybridized carbons (Fsp3) is 0.647. The van der Waals surface area contributed by atoms with Crippen LogP contribution >= 0.6 is 11.8 Å². The van der Waals surface area contributed by atoms with Crippen molar-refractivity contribution in [3.05, 3.63) is 17.5 Å². The van der Waals surface area contributed by atoms with E-state index in [2.05, 4.69) is 15.2 Å². The molecular formula is C17H25N5O3S2. The highest BCUT2D eigenvalue weighted by molar-refractivity contribution is 7.99. The van der Waals surface area contributed by atoms with Crippen LogP contribution in [0.5, 0.6) is 0 Å². The number of aromatic nitrogens is 4. The predicted octanol–water partition coefficient (Wildman–Crippen LogP) is 1.50. The van der Waals surface area contributed by atoms with Crippen LogP contribution in [0.1, 0.15) is 31.7 Å². The molecule has 27 heavy (non-hydrogen) atoms. The van der Waals surface area contributed by atoms with Crippen molar-refractivity contribution < 1.29 is 13.2 Å². The lowest BCUT2D eigenvalue weighted by atomic mass is 10.1. The minimum Gasteiger partial charge on any atom is -0.338 e. The molecule has 10 heteroatoms. The quantitative estimate of drug-likeness (QED) is 0.665. The van der Waals surface area contributed by atoms with Gasteiger partial charge in [0.05, 0.1) is 17.3 Å². The Kier molecular flexibility index (Phi) is 5.76. The summed E-state index contributed by atoms with van der Waals surface area (Å²) in [6, 6.07) is 1.71. The van der Waals surface area contributed by atoms with Gasteiger partial charge in [-0.25, -0.2) is 13.4 Å². The van der Waals surface area contributed by atoms with E-state index in [1.165, 1.54) is 11.8 Å². The molecule has 1 fully saturated rings. The summed E-state index contributed by atoms with van der Waals surface area (Å²) in [6.07, 6.45) is 0.516. The molecule has 1 aliphatic heterocycles. The summed E-state index contributed by atoms with van der Waals surface area (Å²) in [7, 11) is -3.04. The molecule has 1 atom stereocenters. The summed E-state index contributed by atoms with van der Waals surface area (Å²) in [6.45, 7) is 8.46. The third-order valence-corrected chi connectivity index (χ3v) is 7.18. The van der Waals surface area contributed by atoms with E-state index in [-0.39, 0.29) is 35.1 Å². The summed E-state index contributed by atoms with van der Waals surface area (Å²) in [5.74, 6) is 1.13. The minimum atomic E-state index is -3.04. The van der Waals surface area contributed by atoms with Gasteiger partial charge in [0.15, 0.2) is 15.0 Å². The van der Waals surface area contributed by atoms with Crippen molar-refractivity contribution in [2.24, 2.45) is 5.92 Å². The van der Waals surface area contributed by atoms with Crippen LogP contribution in [0.25, 0.3) is 5.78 Å². The zero-order valence-corrected chi connectivity index (χ0v) is 17.7. The molecular weight excluding hydrogens is 386 g/mol. The van der Waals surface area contributed by atoms with Crippen molar-refractivity contribution in [1.29, 1.82) is 0 Å². The van der Waals surface area contributed by atoms with Crippen LogP contribution in [0.4, 0.5) is 0 Å². The Bertz CT molecular complexity index is 955. The zero-order chi connectivity index (χ0) is 19.8. The van der Waals surface area contributed by atoms with Crippen LogP contribution in [0.2, 0.25) is 0 Å². The highest BCUT2D eigenvalue weighted by Gasteiger charge is 2.34. The Balaban J connectivity index is 1.75. The van der Waals surface area contributed by atoms with Crippen LogP contribution in [0, 0.1) is 19.8 Å². The van der Waals surface area contributed by atoms with Crippen LogP contribution in [-0.4, -0.2) is 68.7 Å². The molecule has 0 bridgehead atoms. The Morgan fingerprint density at radius 1 is 1.37 bits per heavy atom. The van der Waals surface area contributed by atoms with Gasteiger partial charge >= 0.3 is 0 Å². The fourth-order valence-corrected chi connectivity index (χ4v) is 5.97. The highest BCUT2D eigenvalue weighted by atomic mass is 32.2. The van der Waals surface area contributed by atoms with Gasteiger partial charge < -0.3 is 4.90 Å². The Morgan fingerprint density at radius 3 is 2.74 bits per heavy atom. The predicted molar refractivity (Wildman–Crippen MR) is 105 cm³/mol. The van der Waals surface area contributed by atoms with Gasteiger partial charge in [0.25, 0.3) is 5.78 Å². The molecule has 148 valence electrons. The summed E-state index contributed by atoms with van der Waals surface area (Å²) in [4.78, 5) is 19.0. The average Bonchev–Trinajstić information content (AvgIpc) is 3.13. The number of thioether (sulfide) groups is 1. The molecule has 2 aromatic rings. The summed E-state index contributed by atoms with van der Waals surface area (Å²) < 4.78 is 25.5. The molecule has 1 aliphatic rings. The standard InChI is InChI=1S/C17H25N5O3S2/c1-11(2)8-21(14-5-6-27(24,25)10-14)15(23)9-26-17-20-19-16-18-12(3)7-13(4)22(16)17/h7,11,14H,5-6,8-10H2,1-4H3/t14-/m1/s1. The number of fused-ring (bicyclic) bond motifs is 1. The van der Waals surface area contributed by atoms with E-state index in [0.29, 0.717) is 23.9 Å². The number of carbonyl (C=O) groups is 1. The van der Waals surface area contributed by atoms with Gasteiger partial charge in [0.2, 0.25) is 5.91 Å². The second kappa shape index (κ2) is 7.75. The number of hydrogen-bond donors (Lipinski definition) is 0. The third kappa shape index (κ3) is 4.60. The van der Waals surface area contributed by atoms with E-state index in [1.54, 1.807) is 4.90 Å². The maximum Gasteiger partial charge on any atom is 0.256 e. The van der Waals surface area contributed by atoms with Gasteiger partial charge in [0.1, 0.15) is 0 Å². The van der Waals surface area contributed by atoms with Crippen LogP contribution in [-0.2, 0) is 14.6 Å². The first-order valence-electron chi connectivity index (χ1n) is 8.98. The van der Waals surface area contributed by atoms with Gasteiger partial charge in [-0.2, -0.15) is 0 Å². The normalized spacial score (nSPS) is 19.1. The number of hydrogen-bond acceptors (Lipinski definition) is 7. The first-order valence-corrected chi connectivity index (χ1v) is 11.8. The van der Waals surface area contributed by atoms with Crippen molar-refractivity contribution in [2.45, 2.75) is 45.3 Å². The van der Waals surface area contributed by atoms with Crippen LogP contribution < -0.4 is 0 Å². The average molecular weight is 412 g/mol. The molecule has 2 aromatic heterocycles.